The second-order valence-electron chi connectivity index (χ2n) is 8.99. The minimum atomic E-state index is -0.471. The summed E-state index contributed by atoms with van der Waals surface area (Å²) in [6.07, 6.45) is 3.61. The van der Waals surface area contributed by atoms with Crippen LogP contribution >= 0.6 is 0 Å². The van der Waals surface area contributed by atoms with Crippen molar-refractivity contribution in [2.75, 3.05) is 39.8 Å². The average Bonchev–Trinajstić information content (AvgIpc) is 2.75. The van der Waals surface area contributed by atoms with Crippen molar-refractivity contribution in [1.29, 1.82) is 0 Å². The molecule has 2 aliphatic heterocycles. The van der Waals surface area contributed by atoms with E-state index in [1.54, 1.807) is 0 Å². The third-order valence-electron chi connectivity index (χ3n) is 6.89. The summed E-state index contributed by atoms with van der Waals surface area (Å²) in [5.74, 6) is -0.671. The number of amides is 2. The SMILES string of the molecule is CC.CNC1CN(C(=O)N2CC3(CC(Cc4c(F)cccc4F)C3)C2)CCC1OCC=O. The van der Waals surface area contributed by atoms with Gasteiger partial charge in [-0.3, -0.25) is 0 Å². The molecule has 1 spiro atoms. The van der Waals surface area contributed by atoms with Crippen LogP contribution in [0.1, 0.15) is 38.7 Å². The van der Waals surface area contributed by atoms with Gasteiger partial charge in [-0.05, 0) is 50.8 Å². The highest BCUT2D eigenvalue weighted by atomic mass is 19.1. The predicted molar refractivity (Wildman–Crippen MR) is 118 cm³/mol. The summed E-state index contributed by atoms with van der Waals surface area (Å²) in [5, 5.41) is 3.18. The number of likely N-dealkylation sites (N-methyl/N-ethyl adjacent to an activating group) is 1. The average molecular weight is 452 g/mol. The number of urea groups is 1. The first-order valence-corrected chi connectivity index (χ1v) is 11.6. The second-order valence-corrected chi connectivity index (χ2v) is 8.99. The van der Waals surface area contributed by atoms with E-state index in [9.17, 15) is 18.4 Å². The summed E-state index contributed by atoms with van der Waals surface area (Å²) in [7, 11) is 1.83. The molecule has 1 saturated carbocycles. The van der Waals surface area contributed by atoms with Crippen LogP contribution in [0.5, 0.6) is 0 Å². The molecule has 1 aromatic carbocycles. The number of nitrogens with one attached hydrogen (secondary N) is 1. The Morgan fingerprint density at radius 2 is 1.88 bits per heavy atom. The largest absolute Gasteiger partial charge is 0.369 e. The van der Waals surface area contributed by atoms with E-state index in [1.807, 2.05) is 30.7 Å². The Balaban J connectivity index is 0.00000141. The van der Waals surface area contributed by atoms with Gasteiger partial charge in [0.25, 0.3) is 0 Å². The van der Waals surface area contributed by atoms with E-state index in [0.717, 1.165) is 19.1 Å². The van der Waals surface area contributed by atoms with E-state index in [2.05, 4.69) is 5.32 Å². The number of ether oxygens (including phenoxy) is 1. The van der Waals surface area contributed by atoms with Crippen molar-refractivity contribution in [1.82, 2.24) is 15.1 Å². The van der Waals surface area contributed by atoms with Gasteiger partial charge < -0.3 is 24.6 Å². The molecule has 3 aliphatic rings. The Hall–Kier alpha value is -2.06. The fourth-order valence-corrected chi connectivity index (χ4v) is 5.43. The standard InChI is InChI=1S/C22H29F2N3O3.C2H6/c1-25-19-12-26(6-5-20(19)30-8-7-28)21(29)27-13-22(14-27)10-15(11-22)9-16-17(23)3-2-4-18(16)24;1-2/h2-4,7,15,19-20,25H,5-6,8-14H2,1H3;1-2H3. The van der Waals surface area contributed by atoms with E-state index in [-0.39, 0.29) is 41.7 Å². The number of likely N-dealkylation sites (tertiary alicyclic amines) is 2. The molecule has 8 heteroatoms. The lowest BCUT2D eigenvalue weighted by Gasteiger charge is -2.60. The molecule has 2 saturated heterocycles. The summed E-state index contributed by atoms with van der Waals surface area (Å²) >= 11 is 0. The lowest BCUT2D eigenvalue weighted by molar-refractivity contribution is -0.115. The first-order valence-electron chi connectivity index (χ1n) is 11.6. The number of carbonyl (C=O) groups excluding carboxylic acids is 2. The van der Waals surface area contributed by atoms with E-state index in [4.69, 9.17) is 4.74 Å². The number of benzene rings is 1. The molecule has 2 amide bonds. The van der Waals surface area contributed by atoms with Crippen molar-refractivity contribution in [3.63, 3.8) is 0 Å². The van der Waals surface area contributed by atoms with E-state index >= 15 is 0 Å². The summed E-state index contributed by atoms with van der Waals surface area (Å²) in [5.41, 5.74) is 0.304. The number of hydrogen-bond donors (Lipinski definition) is 1. The van der Waals surface area contributed by atoms with Crippen molar-refractivity contribution >= 4 is 12.3 Å². The maximum Gasteiger partial charge on any atom is 0.320 e. The number of piperidine rings is 1. The summed E-state index contributed by atoms with van der Waals surface area (Å²) in [6.45, 7) is 6.67. The van der Waals surface area contributed by atoms with Gasteiger partial charge in [0.05, 0.1) is 12.1 Å². The summed E-state index contributed by atoms with van der Waals surface area (Å²) < 4.78 is 33.3. The van der Waals surface area contributed by atoms with Gasteiger partial charge in [0.2, 0.25) is 0 Å². The van der Waals surface area contributed by atoms with E-state index in [0.29, 0.717) is 39.0 Å². The van der Waals surface area contributed by atoms with E-state index in [1.165, 1.54) is 18.2 Å². The lowest BCUT2D eigenvalue weighted by Crippen LogP contribution is -2.67. The van der Waals surface area contributed by atoms with Crippen molar-refractivity contribution in [3.8, 4) is 0 Å². The van der Waals surface area contributed by atoms with Gasteiger partial charge in [0.15, 0.2) is 0 Å². The van der Waals surface area contributed by atoms with Gasteiger partial charge in [-0.1, -0.05) is 19.9 Å². The maximum atomic E-state index is 13.9. The Bertz CT molecular complexity index is 772. The summed E-state index contributed by atoms with van der Waals surface area (Å²) in [4.78, 5) is 27.2. The van der Waals surface area contributed by atoms with E-state index < -0.39 is 11.6 Å². The molecule has 2 unspecified atom stereocenters. The topological polar surface area (TPSA) is 61.9 Å². The van der Waals surface area contributed by atoms with Crippen LogP contribution in [0.4, 0.5) is 13.6 Å². The third kappa shape index (κ3) is 5.12. The minimum absolute atomic E-state index is 0.00151. The highest BCUT2D eigenvalue weighted by molar-refractivity contribution is 5.76. The van der Waals surface area contributed by atoms with Gasteiger partial charge in [-0.2, -0.15) is 0 Å². The van der Waals surface area contributed by atoms with Gasteiger partial charge in [0.1, 0.15) is 24.5 Å². The Kier molecular flexibility index (Phi) is 8.22. The smallest absolute Gasteiger partial charge is 0.320 e. The fraction of sp³-hybridized carbons (Fsp3) is 0.667. The Morgan fingerprint density at radius 1 is 1.22 bits per heavy atom. The van der Waals surface area contributed by atoms with Gasteiger partial charge in [-0.15, -0.1) is 0 Å². The second kappa shape index (κ2) is 10.7. The zero-order chi connectivity index (χ0) is 23.3. The van der Waals surface area contributed by atoms with Crippen LogP contribution < -0.4 is 5.32 Å². The van der Waals surface area contributed by atoms with Crippen molar-refractivity contribution in [2.45, 2.75) is 51.7 Å². The van der Waals surface area contributed by atoms with Gasteiger partial charge >= 0.3 is 6.03 Å². The van der Waals surface area contributed by atoms with Crippen LogP contribution in [0.2, 0.25) is 0 Å². The predicted octanol–water partition coefficient (Wildman–Crippen LogP) is 3.24. The fourth-order valence-electron chi connectivity index (χ4n) is 5.43. The molecular weight excluding hydrogens is 416 g/mol. The Labute approximate surface area is 189 Å². The molecule has 1 aromatic rings. The maximum absolute atomic E-state index is 13.9. The molecule has 4 rings (SSSR count). The first kappa shape index (κ1) is 24.6. The number of halogens is 2. The van der Waals surface area contributed by atoms with Gasteiger partial charge in [0, 0.05) is 37.2 Å². The van der Waals surface area contributed by atoms with Crippen LogP contribution in [0.3, 0.4) is 0 Å². The molecular formula is C24H35F2N3O3. The number of aldehydes is 1. The van der Waals surface area contributed by atoms with Crippen LogP contribution in [-0.4, -0.2) is 74.1 Å². The van der Waals surface area contributed by atoms with Crippen molar-refractivity contribution < 1.29 is 23.1 Å². The van der Waals surface area contributed by atoms with Crippen molar-refractivity contribution in [2.24, 2.45) is 11.3 Å². The number of hydrogen-bond acceptors (Lipinski definition) is 4. The molecule has 0 radical (unpaired) electrons. The zero-order valence-electron chi connectivity index (χ0n) is 19.3. The number of rotatable bonds is 6. The van der Waals surface area contributed by atoms with Crippen LogP contribution in [0.15, 0.2) is 18.2 Å². The molecule has 1 N–H and O–H groups in total. The number of nitrogens with zero attached hydrogens (tertiary/aromatic N) is 2. The third-order valence-corrected chi connectivity index (χ3v) is 6.89. The van der Waals surface area contributed by atoms with Crippen LogP contribution in [-0.2, 0) is 16.0 Å². The molecule has 32 heavy (non-hydrogen) atoms. The quantitative estimate of drug-likeness (QED) is 0.675. The molecule has 0 bridgehead atoms. The lowest BCUT2D eigenvalue weighted by atomic mass is 9.56. The zero-order valence-corrected chi connectivity index (χ0v) is 19.3. The Morgan fingerprint density at radius 3 is 2.47 bits per heavy atom. The van der Waals surface area contributed by atoms with Crippen LogP contribution in [0.25, 0.3) is 0 Å². The number of carbonyl (C=O) groups is 2. The molecule has 178 valence electrons. The molecule has 3 fully saturated rings. The van der Waals surface area contributed by atoms with Gasteiger partial charge in [-0.25, -0.2) is 13.6 Å². The minimum Gasteiger partial charge on any atom is -0.369 e. The summed E-state index contributed by atoms with van der Waals surface area (Å²) in [6, 6.07) is 4.05. The van der Waals surface area contributed by atoms with Crippen molar-refractivity contribution in [3.05, 3.63) is 35.4 Å². The molecule has 1 aliphatic carbocycles. The normalized spacial score (nSPS) is 24.3. The molecule has 2 atom stereocenters. The first-order chi connectivity index (χ1) is 15.4. The highest BCUT2D eigenvalue weighted by Crippen LogP contribution is 2.53. The molecule has 0 aromatic heterocycles. The van der Waals surface area contributed by atoms with Crippen LogP contribution in [0, 0.1) is 23.0 Å². The molecule has 6 nitrogen and oxygen atoms in total. The highest BCUT2D eigenvalue weighted by Gasteiger charge is 2.54. The monoisotopic (exact) mass is 451 g/mol. The molecule has 2 heterocycles.